The number of nitrogens with zero attached hydrogens (tertiary/aromatic N) is 1. The molecule has 0 bridgehead atoms. The third-order valence-electron chi connectivity index (χ3n) is 2.68. The van der Waals surface area contributed by atoms with E-state index < -0.39 is 0 Å². The number of amides is 1. The lowest BCUT2D eigenvalue weighted by Crippen LogP contribution is -2.36. The summed E-state index contributed by atoms with van der Waals surface area (Å²) in [6, 6.07) is 10.6. The lowest BCUT2D eigenvalue weighted by atomic mass is 10.1. The van der Waals surface area contributed by atoms with Gasteiger partial charge < -0.3 is 5.73 Å². The Balaban J connectivity index is 1.84. The second-order valence-electron chi connectivity index (χ2n) is 4.16. The largest absolute Gasteiger partial charge is 0.384 e. The summed E-state index contributed by atoms with van der Waals surface area (Å²) in [5.74, 6) is -0.201. The van der Waals surface area contributed by atoms with Crippen molar-refractivity contribution < 1.29 is 4.79 Å². The van der Waals surface area contributed by atoms with Crippen molar-refractivity contribution in [3.63, 3.8) is 0 Å². The van der Waals surface area contributed by atoms with Gasteiger partial charge in [-0.3, -0.25) is 20.6 Å². The number of benzene rings is 1. The van der Waals surface area contributed by atoms with Crippen LogP contribution in [0.4, 0.5) is 0 Å². The van der Waals surface area contributed by atoms with Gasteiger partial charge in [-0.25, -0.2) is 5.43 Å². The van der Waals surface area contributed by atoms with E-state index in [1.807, 2.05) is 12.1 Å². The topological polar surface area (TPSA) is 104 Å². The number of rotatable bonds is 5. The molecule has 0 saturated carbocycles. The molecule has 1 heterocycles. The summed E-state index contributed by atoms with van der Waals surface area (Å²) in [6.07, 6.45) is 3.11. The zero-order valence-electron chi connectivity index (χ0n) is 10.8. The summed E-state index contributed by atoms with van der Waals surface area (Å²) in [4.78, 5) is 15.6. The van der Waals surface area contributed by atoms with Crippen LogP contribution in [-0.2, 0) is 6.54 Å². The van der Waals surface area contributed by atoms with Crippen LogP contribution in [0, 0.1) is 5.41 Å². The minimum absolute atomic E-state index is 0.0365. The molecule has 6 heteroatoms. The van der Waals surface area contributed by atoms with Gasteiger partial charge in [-0.2, -0.15) is 0 Å². The van der Waals surface area contributed by atoms with E-state index in [1.165, 1.54) is 6.20 Å². The predicted octanol–water partition coefficient (Wildman–Crippen LogP) is 0.800. The first-order valence-electron chi connectivity index (χ1n) is 6.03. The van der Waals surface area contributed by atoms with Gasteiger partial charge in [-0.1, -0.05) is 24.3 Å². The van der Waals surface area contributed by atoms with Crippen molar-refractivity contribution in [3.05, 3.63) is 65.5 Å². The minimum atomic E-state index is -0.238. The lowest BCUT2D eigenvalue weighted by Gasteiger charge is -2.07. The Hall–Kier alpha value is -2.73. The first kappa shape index (κ1) is 13.7. The van der Waals surface area contributed by atoms with Crippen LogP contribution in [0.15, 0.2) is 48.8 Å². The van der Waals surface area contributed by atoms with Crippen LogP contribution in [0.5, 0.6) is 0 Å². The molecule has 5 N–H and O–H groups in total. The Kier molecular flexibility index (Phi) is 4.41. The lowest BCUT2D eigenvalue weighted by molar-refractivity contribution is 0.0932. The Bertz CT molecular complexity index is 595. The fraction of sp³-hybridized carbons (Fsp3) is 0.0714. The average Bonchev–Trinajstić information content (AvgIpc) is 2.48. The van der Waals surface area contributed by atoms with Crippen LogP contribution in [0.25, 0.3) is 0 Å². The molecule has 0 unspecified atom stereocenters. The monoisotopic (exact) mass is 269 g/mol. The maximum Gasteiger partial charge on any atom is 0.266 e. The SMILES string of the molecule is N=C(N)c1ccc(CNNC(=O)c2cccnc2)cc1. The van der Waals surface area contributed by atoms with Crippen molar-refractivity contribution in [3.8, 4) is 0 Å². The molecular weight excluding hydrogens is 254 g/mol. The number of nitrogens with two attached hydrogens (primary N) is 1. The standard InChI is InChI=1S/C14H15N5O/c15-13(16)11-5-3-10(4-6-11)8-18-19-14(20)12-2-1-7-17-9-12/h1-7,9,18H,8H2,(H3,15,16)(H,19,20). The summed E-state index contributed by atoms with van der Waals surface area (Å²) < 4.78 is 0. The second-order valence-corrected chi connectivity index (χ2v) is 4.16. The van der Waals surface area contributed by atoms with Crippen LogP contribution >= 0.6 is 0 Å². The summed E-state index contributed by atoms with van der Waals surface area (Å²) in [5, 5.41) is 7.29. The van der Waals surface area contributed by atoms with E-state index in [0.29, 0.717) is 17.7 Å². The predicted molar refractivity (Wildman–Crippen MR) is 76.0 cm³/mol. The Morgan fingerprint density at radius 1 is 1.20 bits per heavy atom. The quantitative estimate of drug-likeness (QED) is 0.366. The molecule has 0 fully saturated rings. The van der Waals surface area contributed by atoms with Crippen molar-refractivity contribution >= 4 is 11.7 Å². The maximum absolute atomic E-state index is 11.7. The number of aromatic nitrogens is 1. The first-order valence-corrected chi connectivity index (χ1v) is 6.03. The van der Waals surface area contributed by atoms with Gasteiger partial charge in [0.05, 0.1) is 5.56 Å². The molecule has 1 aromatic heterocycles. The fourth-order valence-electron chi connectivity index (χ4n) is 1.60. The van der Waals surface area contributed by atoms with Crippen molar-refractivity contribution in [2.75, 3.05) is 0 Å². The van der Waals surface area contributed by atoms with Gasteiger partial charge in [0.15, 0.2) is 0 Å². The summed E-state index contributed by atoms with van der Waals surface area (Å²) in [5.41, 5.74) is 12.9. The highest BCUT2D eigenvalue weighted by Crippen LogP contribution is 2.03. The number of nitrogen functional groups attached to an aromatic ring is 1. The highest BCUT2D eigenvalue weighted by molar-refractivity contribution is 5.95. The van der Waals surface area contributed by atoms with E-state index >= 15 is 0 Å². The minimum Gasteiger partial charge on any atom is -0.384 e. The van der Waals surface area contributed by atoms with E-state index in [4.69, 9.17) is 11.1 Å². The molecule has 0 saturated heterocycles. The van der Waals surface area contributed by atoms with E-state index in [-0.39, 0.29) is 11.7 Å². The van der Waals surface area contributed by atoms with E-state index in [9.17, 15) is 4.79 Å². The molecule has 0 aliphatic rings. The van der Waals surface area contributed by atoms with Gasteiger partial charge in [-0.05, 0) is 17.7 Å². The molecule has 0 atom stereocenters. The van der Waals surface area contributed by atoms with Crippen molar-refractivity contribution in [2.45, 2.75) is 6.54 Å². The molecule has 0 radical (unpaired) electrons. The zero-order valence-corrected chi connectivity index (χ0v) is 10.8. The van der Waals surface area contributed by atoms with E-state index in [0.717, 1.165) is 5.56 Å². The van der Waals surface area contributed by atoms with Gasteiger partial charge in [0.2, 0.25) is 0 Å². The molecule has 6 nitrogen and oxygen atoms in total. The van der Waals surface area contributed by atoms with Gasteiger partial charge in [-0.15, -0.1) is 0 Å². The van der Waals surface area contributed by atoms with Gasteiger partial charge in [0, 0.05) is 24.5 Å². The molecular formula is C14H15N5O. The smallest absolute Gasteiger partial charge is 0.266 e. The number of amidine groups is 1. The molecule has 2 aromatic rings. The number of nitrogens with one attached hydrogen (secondary N) is 3. The highest BCUT2D eigenvalue weighted by Gasteiger charge is 2.03. The van der Waals surface area contributed by atoms with Gasteiger partial charge in [0.25, 0.3) is 5.91 Å². The summed E-state index contributed by atoms with van der Waals surface area (Å²) in [6.45, 7) is 0.476. The molecule has 0 spiro atoms. The summed E-state index contributed by atoms with van der Waals surface area (Å²) >= 11 is 0. The first-order chi connectivity index (χ1) is 9.66. The normalized spacial score (nSPS) is 10.0. The van der Waals surface area contributed by atoms with Crippen LogP contribution in [0.3, 0.4) is 0 Å². The fourth-order valence-corrected chi connectivity index (χ4v) is 1.60. The second kappa shape index (κ2) is 6.44. The molecule has 20 heavy (non-hydrogen) atoms. The molecule has 0 aliphatic carbocycles. The van der Waals surface area contributed by atoms with Crippen molar-refractivity contribution in [1.82, 2.24) is 15.8 Å². The number of carbonyl (C=O) groups excluding carboxylic acids is 1. The van der Waals surface area contributed by atoms with Crippen LogP contribution in [0.1, 0.15) is 21.5 Å². The average molecular weight is 269 g/mol. The van der Waals surface area contributed by atoms with Crippen LogP contribution in [0.2, 0.25) is 0 Å². The molecule has 102 valence electrons. The molecule has 1 aromatic carbocycles. The van der Waals surface area contributed by atoms with Gasteiger partial charge >= 0.3 is 0 Å². The van der Waals surface area contributed by atoms with Crippen LogP contribution < -0.4 is 16.6 Å². The van der Waals surface area contributed by atoms with Gasteiger partial charge in [0.1, 0.15) is 5.84 Å². The number of hydrazine groups is 1. The van der Waals surface area contributed by atoms with Crippen molar-refractivity contribution in [2.24, 2.45) is 5.73 Å². The number of hydrogen-bond acceptors (Lipinski definition) is 4. The molecule has 0 aliphatic heterocycles. The Labute approximate surface area is 116 Å². The molecule has 1 amide bonds. The maximum atomic E-state index is 11.7. The third-order valence-corrected chi connectivity index (χ3v) is 2.68. The number of hydrogen-bond donors (Lipinski definition) is 4. The van der Waals surface area contributed by atoms with Crippen LogP contribution in [-0.4, -0.2) is 16.7 Å². The Morgan fingerprint density at radius 3 is 2.55 bits per heavy atom. The van der Waals surface area contributed by atoms with E-state index in [2.05, 4.69) is 15.8 Å². The van der Waals surface area contributed by atoms with Crippen molar-refractivity contribution in [1.29, 1.82) is 5.41 Å². The third kappa shape index (κ3) is 3.63. The highest BCUT2D eigenvalue weighted by atomic mass is 16.2. The molecule has 2 rings (SSSR count). The number of pyridine rings is 1. The summed E-state index contributed by atoms with van der Waals surface area (Å²) in [7, 11) is 0. The number of carbonyl (C=O) groups is 1. The van der Waals surface area contributed by atoms with E-state index in [1.54, 1.807) is 30.5 Å². The zero-order chi connectivity index (χ0) is 14.4. The Morgan fingerprint density at radius 2 is 1.95 bits per heavy atom.